The fraction of sp³-hybridized carbons (Fsp3) is 0.875. The topological polar surface area (TPSA) is 58.6 Å². The first-order valence-corrected chi connectivity index (χ1v) is 7.76. The molecule has 0 aromatic carbocycles. The quantitative estimate of drug-likeness (QED) is 0.871. The summed E-state index contributed by atoms with van der Waals surface area (Å²) >= 11 is 0. The largest absolute Gasteiger partial charge is 0.444 e. The van der Waals surface area contributed by atoms with Gasteiger partial charge >= 0.3 is 6.09 Å². The second kappa shape index (κ2) is 6.67. The zero-order valence-electron chi connectivity index (χ0n) is 14.3. The van der Waals surface area contributed by atoms with Crippen LogP contribution >= 0.6 is 0 Å². The molecule has 1 aliphatic rings. The predicted octanol–water partition coefficient (Wildman–Crippen LogP) is 2.94. The van der Waals surface area contributed by atoms with Crippen LogP contribution in [0.15, 0.2) is 0 Å². The summed E-state index contributed by atoms with van der Waals surface area (Å²) in [6, 6.07) is 0. The number of hydrogen-bond donors (Lipinski definition) is 1. The van der Waals surface area contributed by atoms with E-state index in [0.29, 0.717) is 0 Å². The van der Waals surface area contributed by atoms with E-state index in [2.05, 4.69) is 19.2 Å². The summed E-state index contributed by atoms with van der Waals surface area (Å²) in [7, 11) is 1.58. The van der Waals surface area contributed by atoms with Gasteiger partial charge in [0.05, 0.1) is 0 Å². The maximum atomic E-state index is 12.1. The highest BCUT2D eigenvalue weighted by Crippen LogP contribution is 2.31. The Kier molecular flexibility index (Phi) is 5.65. The van der Waals surface area contributed by atoms with Crippen LogP contribution in [0, 0.1) is 5.92 Å². The molecular weight excluding hydrogens is 268 g/mol. The average Bonchev–Trinajstić information content (AvgIpc) is 2.30. The minimum absolute atomic E-state index is 0.0278. The van der Waals surface area contributed by atoms with Crippen molar-refractivity contribution < 1.29 is 14.3 Å². The van der Waals surface area contributed by atoms with Crippen LogP contribution in [0.3, 0.4) is 0 Å². The molecule has 0 radical (unpaired) electrons. The Morgan fingerprint density at radius 1 is 1.29 bits per heavy atom. The highest BCUT2D eigenvalue weighted by molar-refractivity contribution is 5.82. The van der Waals surface area contributed by atoms with Crippen LogP contribution in [0.5, 0.6) is 0 Å². The van der Waals surface area contributed by atoms with Crippen LogP contribution in [-0.4, -0.2) is 41.6 Å². The lowest BCUT2D eigenvalue weighted by Crippen LogP contribution is -2.51. The molecule has 0 spiro atoms. The molecule has 0 atom stereocenters. The van der Waals surface area contributed by atoms with Crippen LogP contribution in [-0.2, 0) is 9.53 Å². The van der Waals surface area contributed by atoms with Crippen molar-refractivity contribution in [2.75, 3.05) is 13.6 Å². The molecule has 2 amide bonds. The standard InChI is InChI=1S/C16H30N2O3/c1-12-7-9-16(5,10-8-12)17-13(19)11-18(6)14(20)21-15(2,3)4/h12H,7-11H2,1-6H3,(H,17,19). The lowest BCUT2D eigenvalue weighted by Gasteiger charge is -2.37. The second-order valence-electron chi connectivity index (χ2n) is 7.63. The molecule has 5 heteroatoms. The summed E-state index contributed by atoms with van der Waals surface area (Å²) in [6.45, 7) is 9.79. The van der Waals surface area contributed by atoms with E-state index in [0.717, 1.165) is 31.6 Å². The first-order valence-electron chi connectivity index (χ1n) is 7.76. The van der Waals surface area contributed by atoms with Crippen LogP contribution < -0.4 is 5.32 Å². The fourth-order valence-corrected chi connectivity index (χ4v) is 2.52. The maximum Gasteiger partial charge on any atom is 0.410 e. The van der Waals surface area contributed by atoms with Gasteiger partial charge in [-0.05, 0) is 59.3 Å². The second-order valence-corrected chi connectivity index (χ2v) is 7.63. The van der Waals surface area contributed by atoms with Gasteiger partial charge in [0, 0.05) is 12.6 Å². The summed E-state index contributed by atoms with van der Waals surface area (Å²) in [5.41, 5.74) is -0.689. The number of carbonyl (C=O) groups is 2. The molecule has 0 saturated heterocycles. The maximum absolute atomic E-state index is 12.1. The van der Waals surface area contributed by atoms with Crippen molar-refractivity contribution >= 4 is 12.0 Å². The lowest BCUT2D eigenvalue weighted by atomic mass is 9.78. The Bertz CT molecular complexity index is 379. The summed E-state index contributed by atoms with van der Waals surface area (Å²) < 4.78 is 5.24. The fourth-order valence-electron chi connectivity index (χ4n) is 2.52. The van der Waals surface area contributed by atoms with Gasteiger partial charge < -0.3 is 15.0 Å². The molecule has 0 aromatic rings. The normalized spacial score (nSPS) is 26.1. The summed E-state index contributed by atoms with van der Waals surface area (Å²) in [5.74, 6) is 0.611. The van der Waals surface area contributed by atoms with Crippen LogP contribution in [0.2, 0.25) is 0 Å². The smallest absolute Gasteiger partial charge is 0.410 e. The molecule has 5 nitrogen and oxygen atoms in total. The van der Waals surface area contributed by atoms with Crippen molar-refractivity contribution in [1.29, 1.82) is 0 Å². The predicted molar refractivity (Wildman–Crippen MR) is 83.0 cm³/mol. The molecule has 1 saturated carbocycles. The Hall–Kier alpha value is -1.26. The Morgan fingerprint density at radius 3 is 2.29 bits per heavy atom. The number of rotatable bonds is 3. The highest BCUT2D eigenvalue weighted by Gasteiger charge is 2.31. The minimum Gasteiger partial charge on any atom is -0.444 e. The van der Waals surface area contributed by atoms with E-state index in [1.165, 1.54) is 4.90 Å². The van der Waals surface area contributed by atoms with Gasteiger partial charge in [-0.2, -0.15) is 0 Å². The third-order valence-corrected chi connectivity index (χ3v) is 3.90. The van der Waals surface area contributed by atoms with E-state index in [9.17, 15) is 9.59 Å². The number of amides is 2. The molecule has 0 unspecified atom stereocenters. The Morgan fingerprint density at radius 2 is 1.81 bits per heavy atom. The van der Waals surface area contributed by atoms with Gasteiger partial charge in [0.15, 0.2) is 0 Å². The Labute approximate surface area is 128 Å². The zero-order chi connectivity index (χ0) is 16.3. The Balaban J connectivity index is 2.44. The molecular formula is C16H30N2O3. The lowest BCUT2D eigenvalue weighted by molar-refractivity contribution is -0.124. The van der Waals surface area contributed by atoms with Crippen LogP contribution in [0.25, 0.3) is 0 Å². The molecule has 1 fully saturated rings. The van der Waals surface area contributed by atoms with E-state index in [1.54, 1.807) is 7.05 Å². The molecule has 21 heavy (non-hydrogen) atoms. The number of ether oxygens (including phenoxy) is 1. The average molecular weight is 298 g/mol. The molecule has 1 rings (SSSR count). The van der Waals surface area contributed by atoms with Gasteiger partial charge in [-0.1, -0.05) is 6.92 Å². The van der Waals surface area contributed by atoms with Gasteiger partial charge in [0.2, 0.25) is 5.91 Å². The number of nitrogens with zero attached hydrogens (tertiary/aromatic N) is 1. The highest BCUT2D eigenvalue weighted by atomic mass is 16.6. The van der Waals surface area contributed by atoms with Gasteiger partial charge in [0.1, 0.15) is 12.1 Å². The summed E-state index contributed by atoms with van der Waals surface area (Å²) in [6.07, 6.45) is 3.80. The molecule has 122 valence electrons. The van der Waals surface area contributed by atoms with Crippen molar-refractivity contribution in [3.63, 3.8) is 0 Å². The number of carbonyl (C=O) groups excluding carboxylic acids is 2. The van der Waals surface area contributed by atoms with E-state index in [-0.39, 0.29) is 18.0 Å². The van der Waals surface area contributed by atoms with E-state index in [1.807, 2.05) is 20.8 Å². The van der Waals surface area contributed by atoms with Crippen LogP contribution in [0.4, 0.5) is 4.79 Å². The first-order chi connectivity index (χ1) is 9.51. The van der Waals surface area contributed by atoms with Crippen molar-refractivity contribution in [3.8, 4) is 0 Å². The monoisotopic (exact) mass is 298 g/mol. The first kappa shape index (κ1) is 17.8. The third kappa shape index (κ3) is 6.36. The molecule has 1 N–H and O–H groups in total. The number of hydrogen-bond acceptors (Lipinski definition) is 3. The molecule has 0 aliphatic heterocycles. The van der Waals surface area contributed by atoms with E-state index < -0.39 is 11.7 Å². The molecule has 0 heterocycles. The number of likely N-dealkylation sites (N-methyl/N-ethyl adjacent to an activating group) is 1. The van der Waals surface area contributed by atoms with Gasteiger partial charge in [-0.3, -0.25) is 4.79 Å². The molecule has 0 aromatic heterocycles. The SMILES string of the molecule is CC1CCC(C)(NC(=O)CN(C)C(=O)OC(C)(C)C)CC1. The minimum atomic E-state index is -0.548. The van der Waals surface area contributed by atoms with Crippen molar-refractivity contribution in [3.05, 3.63) is 0 Å². The number of nitrogens with one attached hydrogen (secondary N) is 1. The van der Waals surface area contributed by atoms with Crippen molar-refractivity contribution in [1.82, 2.24) is 10.2 Å². The van der Waals surface area contributed by atoms with Gasteiger partial charge in [-0.25, -0.2) is 4.79 Å². The van der Waals surface area contributed by atoms with Crippen molar-refractivity contribution in [2.45, 2.75) is 71.4 Å². The zero-order valence-corrected chi connectivity index (χ0v) is 14.3. The van der Waals surface area contributed by atoms with Gasteiger partial charge in [-0.15, -0.1) is 0 Å². The summed E-state index contributed by atoms with van der Waals surface area (Å²) in [4.78, 5) is 25.3. The van der Waals surface area contributed by atoms with E-state index >= 15 is 0 Å². The van der Waals surface area contributed by atoms with Crippen LogP contribution in [0.1, 0.15) is 60.3 Å². The summed E-state index contributed by atoms with van der Waals surface area (Å²) in [5, 5.41) is 3.08. The van der Waals surface area contributed by atoms with E-state index in [4.69, 9.17) is 4.74 Å². The third-order valence-electron chi connectivity index (χ3n) is 3.90. The van der Waals surface area contributed by atoms with Gasteiger partial charge in [0.25, 0.3) is 0 Å². The molecule has 0 bridgehead atoms. The molecule has 1 aliphatic carbocycles. The van der Waals surface area contributed by atoms with Crippen molar-refractivity contribution in [2.24, 2.45) is 5.92 Å².